The summed E-state index contributed by atoms with van der Waals surface area (Å²) in [7, 11) is 0. The lowest BCUT2D eigenvalue weighted by Gasteiger charge is -2.24. The van der Waals surface area contributed by atoms with Crippen molar-refractivity contribution in [1.29, 1.82) is 0 Å². The van der Waals surface area contributed by atoms with Crippen LogP contribution in [-0.4, -0.2) is 15.5 Å². The van der Waals surface area contributed by atoms with Crippen molar-refractivity contribution in [2.75, 3.05) is 0 Å². The van der Waals surface area contributed by atoms with Gasteiger partial charge in [-0.3, -0.25) is 0 Å². The molecule has 37 heavy (non-hydrogen) atoms. The Bertz CT molecular complexity index is 1900. The van der Waals surface area contributed by atoms with Crippen molar-refractivity contribution in [2.24, 2.45) is 0 Å². The predicted octanol–water partition coefficient (Wildman–Crippen LogP) is 6.30. The van der Waals surface area contributed by atoms with Gasteiger partial charge in [0.15, 0.2) is 0 Å². The highest BCUT2D eigenvalue weighted by Crippen LogP contribution is 2.31. The zero-order valence-electron chi connectivity index (χ0n) is 22.5. The van der Waals surface area contributed by atoms with E-state index >= 15 is 0 Å². The first-order chi connectivity index (χ1) is 17.8. The van der Waals surface area contributed by atoms with Gasteiger partial charge in [-0.15, -0.1) is 0 Å². The number of nitrogens with zero attached hydrogens (tertiary/aromatic N) is 2. The highest BCUT2D eigenvalue weighted by Gasteiger charge is 2.31. The van der Waals surface area contributed by atoms with E-state index in [2.05, 4.69) is 129 Å². The van der Waals surface area contributed by atoms with Crippen molar-refractivity contribution in [3.63, 3.8) is 0 Å². The molecule has 0 spiro atoms. The van der Waals surface area contributed by atoms with Crippen molar-refractivity contribution in [3.05, 3.63) is 113 Å². The fourth-order valence-electron chi connectivity index (χ4n) is 7.22. The quantitative estimate of drug-likeness (QED) is 0.208. The molecular weight excluding hydrogens is 447 g/mol. The van der Waals surface area contributed by atoms with E-state index in [1.807, 2.05) is 0 Å². The Morgan fingerprint density at radius 3 is 1.70 bits per heavy atom. The van der Waals surface area contributed by atoms with Gasteiger partial charge in [0.2, 0.25) is 6.71 Å². The minimum Gasteiger partial charge on any atom is -0.313 e. The van der Waals surface area contributed by atoms with Crippen LogP contribution in [0, 0.1) is 41.5 Å². The fraction of sp³-hybridized carbons (Fsp3) is 0.176. The lowest BCUT2D eigenvalue weighted by molar-refractivity contribution is 1.20. The highest BCUT2D eigenvalue weighted by atomic mass is 15.0. The number of aryl methyl sites for hydroxylation is 6. The van der Waals surface area contributed by atoms with Gasteiger partial charge in [0.1, 0.15) is 0 Å². The van der Waals surface area contributed by atoms with Gasteiger partial charge in [0, 0.05) is 17.8 Å². The molecule has 180 valence electrons. The number of benzene rings is 4. The van der Waals surface area contributed by atoms with Crippen LogP contribution in [-0.2, 0) is 0 Å². The summed E-state index contributed by atoms with van der Waals surface area (Å²) in [4.78, 5) is 0. The van der Waals surface area contributed by atoms with Crippen LogP contribution in [0.1, 0.15) is 33.4 Å². The van der Waals surface area contributed by atoms with Gasteiger partial charge in [0.05, 0.1) is 22.1 Å². The molecule has 0 aliphatic carbocycles. The average molecular weight is 478 g/mol. The number of hydrogen-bond acceptors (Lipinski definition) is 0. The Balaban J connectivity index is 1.67. The van der Waals surface area contributed by atoms with Crippen LogP contribution in [0.2, 0.25) is 0 Å². The number of aromatic nitrogens is 2. The van der Waals surface area contributed by atoms with Crippen molar-refractivity contribution in [3.8, 4) is 0 Å². The summed E-state index contributed by atoms with van der Waals surface area (Å²) in [6.45, 7) is 13.7. The summed E-state index contributed by atoms with van der Waals surface area (Å²) < 4.78 is 4.82. The van der Waals surface area contributed by atoms with E-state index < -0.39 is 0 Å². The van der Waals surface area contributed by atoms with Gasteiger partial charge >= 0.3 is 0 Å². The average Bonchev–Trinajstić information content (AvgIpc) is 3.44. The van der Waals surface area contributed by atoms with E-state index in [4.69, 9.17) is 0 Å². The second kappa shape index (κ2) is 7.76. The normalized spacial score (nSPS) is 12.1. The van der Waals surface area contributed by atoms with Crippen molar-refractivity contribution >= 4 is 55.9 Å². The van der Waals surface area contributed by atoms with E-state index in [-0.39, 0.29) is 6.71 Å². The molecule has 0 atom stereocenters. The predicted molar refractivity (Wildman–Crippen MR) is 161 cm³/mol. The lowest BCUT2D eigenvalue weighted by Crippen LogP contribution is -2.55. The van der Waals surface area contributed by atoms with Crippen molar-refractivity contribution < 1.29 is 0 Å². The molecule has 3 heteroatoms. The Kier molecular flexibility index (Phi) is 4.66. The molecule has 3 heterocycles. The minimum absolute atomic E-state index is 0.150. The Morgan fingerprint density at radius 2 is 1.11 bits per heavy atom. The van der Waals surface area contributed by atoms with Crippen LogP contribution in [0.25, 0.3) is 32.8 Å². The Hall–Kier alpha value is -3.98. The number of hydrogen-bond donors (Lipinski definition) is 0. The molecular formula is C34H31BN2. The summed E-state index contributed by atoms with van der Waals surface area (Å²) in [5.41, 5.74) is 17.4. The number of fused-ring (bicyclic) bond motifs is 2. The van der Waals surface area contributed by atoms with Gasteiger partial charge in [-0.05, 0) is 70.6 Å². The SMILES string of the molecule is Cc1cc(C)c(B(c2c(C)cc(C)cc2C)c2cn3c4cccc5ccn(c6cccc2c63)c54)c(C)c1. The maximum absolute atomic E-state index is 2.45. The molecule has 0 bridgehead atoms. The summed E-state index contributed by atoms with van der Waals surface area (Å²) in [6, 6.07) is 25.1. The molecule has 2 nitrogen and oxygen atoms in total. The van der Waals surface area contributed by atoms with E-state index in [0.29, 0.717) is 0 Å². The molecule has 7 rings (SSSR count). The zero-order valence-corrected chi connectivity index (χ0v) is 22.5. The van der Waals surface area contributed by atoms with E-state index in [0.717, 1.165) is 0 Å². The maximum Gasteiger partial charge on any atom is 0.245 e. The Morgan fingerprint density at radius 1 is 0.568 bits per heavy atom. The lowest BCUT2D eigenvalue weighted by atomic mass is 9.34. The van der Waals surface area contributed by atoms with Crippen LogP contribution in [0.15, 0.2) is 79.1 Å². The van der Waals surface area contributed by atoms with E-state index in [1.54, 1.807) is 0 Å². The van der Waals surface area contributed by atoms with E-state index in [9.17, 15) is 0 Å². The molecule has 0 aliphatic rings. The van der Waals surface area contributed by atoms with Crippen LogP contribution in [0.5, 0.6) is 0 Å². The van der Waals surface area contributed by atoms with Crippen molar-refractivity contribution in [1.82, 2.24) is 8.80 Å². The molecule has 0 radical (unpaired) electrons. The largest absolute Gasteiger partial charge is 0.313 e. The summed E-state index contributed by atoms with van der Waals surface area (Å²) in [6.07, 6.45) is 4.65. The third kappa shape index (κ3) is 3.07. The third-order valence-electron chi connectivity index (χ3n) is 8.41. The molecule has 0 aliphatic heterocycles. The smallest absolute Gasteiger partial charge is 0.245 e. The summed E-state index contributed by atoms with van der Waals surface area (Å²) in [5, 5.41) is 2.61. The monoisotopic (exact) mass is 478 g/mol. The van der Waals surface area contributed by atoms with Gasteiger partial charge in [-0.2, -0.15) is 0 Å². The minimum atomic E-state index is 0.150. The highest BCUT2D eigenvalue weighted by molar-refractivity contribution is 6.98. The van der Waals surface area contributed by atoms with Crippen LogP contribution in [0.4, 0.5) is 0 Å². The molecule has 0 N–H and O–H groups in total. The first-order valence-corrected chi connectivity index (χ1v) is 13.2. The van der Waals surface area contributed by atoms with Crippen LogP contribution in [0.3, 0.4) is 0 Å². The summed E-state index contributed by atoms with van der Waals surface area (Å²) in [5.74, 6) is 0. The summed E-state index contributed by atoms with van der Waals surface area (Å²) >= 11 is 0. The molecule has 0 saturated heterocycles. The molecule has 0 saturated carbocycles. The van der Waals surface area contributed by atoms with Gasteiger partial charge in [0.25, 0.3) is 0 Å². The first kappa shape index (κ1) is 22.2. The Labute approximate surface area is 218 Å². The zero-order chi connectivity index (χ0) is 25.6. The molecule has 3 aromatic heterocycles. The van der Waals surface area contributed by atoms with Crippen LogP contribution >= 0.6 is 0 Å². The van der Waals surface area contributed by atoms with Crippen LogP contribution < -0.4 is 16.4 Å². The topological polar surface area (TPSA) is 8.82 Å². The second-order valence-electron chi connectivity index (χ2n) is 11.1. The number of para-hydroxylation sites is 2. The molecule has 0 unspecified atom stereocenters. The number of rotatable bonds is 3. The van der Waals surface area contributed by atoms with E-state index in [1.165, 1.54) is 82.6 Å². The molecule has 7 aromatic rings. The molecule has 0 amide bonds. The van der Waals surface area contributed by atoms with Gasteiger partial charge in [-0.1, -0.05) is 92.8 Å². The fourth-order valence-corrected chi connectivity index (χ4v) is 7.22. The first-order valence-electron chi connectivity index (χ1n) is 13.2. The second-order valence-corrected chi connectivity index (χ2v) is 11.1. The molecule has 4 aromatic carbocycles. The standard InChI is InChI=1S/C34H31BN2/c1-20-15-22(3)31(23(4)16-20)35(32-24(5)17-21(2)18-25(32)6)28-19-37-29-11-7-9-26-13-14-36(33(26)29)30-12-8-10-27(28)34(30)37/h7-19H,1-6H3. The maximum atomic E-state index is 2.45. The third-order valence-corrected chi connectivity index (χ3v) is 8.41. The van der Waals surface area contributed by atoms with Gasteiger partial charge in [-0.25, -0.2) is 0 Å². The molecule has 0 fully saturated rings. The van der Waals surface area contributed by atoms with Crippen molar-refractivity contribution in [2.45, 2.75) is 41.5 Å². The van der Waals surface area contributed by atoms with Gasteiger partial charge < -0.3 is 8.80 Å².